The fourth-order valence-electron chi connectivity index (χ4n) is 1.91. The number of nitrogen functional groups attached to an aromatic ring is 1. The number of carbonyl (C=O) groups is 1. The lowest BCUT2D eigenvalue weighted by molar-refractivity contribution is 0.0930. The highest BCUT2D eigenvalue weighted by molar-refractivity contribution is 5.96. The van der Waals surface area contributed by atoms with Crippen LogP contribution in [0, 0.1) is 0 Å². The van der Waals surface area contributed by atoms with Crippen LogP contribution in [0.2, 0.25) is 0 Å². The maximum atomic E-state index is 11.8. The van der Waals surface area contributed by atoms with Crippen LogP contribution in [0.3, 0.4) is 0 Å². The molecule has 0 aliphatic rings. The average molecular weight is 288 g/mol. The van der Waals surface area contributed by atoms with Gasteiger partial charge in [0.05, 0.1) is 12.3 Å². The van der Waals surface area contributed by atoms with E-state index in [2.05, 4.69) is 10.4 Å². The van der Waals surface area contributed by atoms with E-state index in [1.165, 1.54) is 4.68 Å². The summed E-state index contributed by atoms with van der Waals surface area (Å²) in [5.41, 5.74) is 7.48. The Morgan fingerprint density at radius 1 is 1.38 bits per heavy atom. The van der Waals surface area contributed by atoms with Crippen molar-refractivity contribution in [2.24, 2.45) is 7.05 Å². The van der Waals surface area contributed by atoms with Gasteiger partial charge >= 0.3 is 0 Å². The number of aromatic nitrogens is 2. The van der Waals surface area contributed by atoms with Crippen molar-refractivity contribution in [3.8, 4) is 0 Å². The summed E-state index contributed by atoms with van der Waals surface area (Å²) in [6, 6.07) is 9.98. The minimum Gasteiger partial charge on any atom is -0.396 e. The molecule has 3 N–H and O–H groups in total. The van der Waals surface area contributed by atoms with Crippen LogP contribution in [0.5, 0.6) is 0 Å². The Morgan fingerprint density at radius 2 is 2.14 bits per heavy atom. The molecule has 6 heteroatoms. The average Bonchev–Trinajstić information content (AvgIpc) is 2.82. The van der Waals surface area contributed by atoms with Crippen LogP contribution >= 0.6 is 0 Å². The molecule has 0 saturated carbocycles. The van der Waals surface area contributed by atoms with E-state index in [1.54, 1.807) is 13.2 Å². The number of hydrogen-bond acceptors (Lipinski definition) is 4. The zero-order chi connectivity index (χ0) is 15.1. The SMILES string of the molecule is Cn1cc(N)c(C(=O)NCCCOCc2ccccc2)n1. The van der Waals surface area contributed by atoms with Crippen molar-refractivity contribution in [2.75, 3.05) is 18.9 Å². The second-order valence-corrected chi connectivity index (χ2v) is 4.75. The zero-order valence-electron chi connectivity index (χ0n) is 12.1. The molecule has 0 aliphatic carbocycles. The van der Waals surface area contributed by atoms with Crippen molar-refractivity contribution >= 4 is 11.6 Å². The molecule has 2 aromatic rings. The quantitative estimate of drug-likeness (QED) is 0.753. The molecule has 112 valence electrons. The van der Waals surface area contributed by atoms with Gasteiger partial charge in [0.2, 0.25) is 0 Å². The van der Waals surface area contributed by atoms with Gasteiger partial charge in [-0.2, -0.15) is 5.10 Å². The summed E-state index contributed by atoms with van der Waals surface area (Å²) in [6.45, 7) is 1.71. The van der Waals surface area contributed by atoms with Crippen molar-refractivity contribution in [2.45, 2.75) is 13.0 Å². The van der Waals surface area contributed by atoms with Gasteiger partial charge in [-0.05, 0) is 12.0 Å². The number of carbonyl (C=O) groups excluding carboxylic acids is 1. The fraction of sp³-hybridized carbons (Fsp3) is 0.333. The topological polar surface area (TPSA) is 82.2 Å². The molecule has 1 aromatic heterocycles. The third-order valence-corrected chi connectivity index (χ3v) is 2.93. The predicted octanol–water partition coefficient (Wildman–Crippen LogP) is 1.34. The normalized spacial score (nSPS) is 10.5. The summed E-state index contributed by atoms with van der Waals surface area (Å²) in [5.74, 6) is -0.254. The molecule has 2 rings (SSSR count). The van der Waals surface area contributed by atoms with Crippen LogP contribution < -0.4 is 11.1 Å². The van der Waals surface area contributed by atoms with Gasteiger partial charge in [-0.25, -0.2) is 0 Å². The predicted molar refractivity (Wildman–Crippen MR) is 80.7 cm³/mol. The van der Waals surface area contributed by atoms with E-state index in [0.717, 1.165) is 12.0 Å². The Labute approximate surface area is 123 Å². The standard InChI is InChI=1S/C15H20N4O2/c1-19-10-13(16)14(18-19)15(20)17-8-5-9-21-11-12-6-3-2-4-7-12/h2-4,6-7,10H,5,8-9,11,16H2,1H3,(H,17,20). The number of rotatable bonds is 7. The van der Waals surface area contributed by atoms with E-state index < -0.39 is 0 Å². The number of ether oxygens (including phenoxy) is 1. The minimum atomic E-state index is -0.254. The number of nitrogens with two attached hydrogens (primary N) is 1. The van der Waals surface area contributed by atoms with E-state index >= 15 is 0 Å². The molecule has 0 fully saturated rings. The van der Waals surface area contributed by atoms with Crippen molar-refractivity contribution < 1.29 is 9.53 Å². The highest BCUT2D eigenvalue weighted by Gasteiger charge is 2.12. The third kappa shape index (κ3) is 4.61. The summed E-state index contributed by atoms with van der Waals surface area (Å²) in [7, 11) is 1.73. The fourth-order valence-corrected chi connectivity index (χ4v) is 1.91. The highest BCUT2D eigenvalue weighted by atomic mass is 16.5. The summed E-state index contributed by atoms with van der Waals surface area (Å²) in [6.07, 6.45) is 2.35. The summed E-state index contributed by atoms with van der Waals surface area (Å²) >= 11 is 0. The first-order chi connectivity index (χ1) is 10.2. The van der Waals surface area contributed by atoms with Gasteiger partial charge in [0.25, 0.3) is 5.91 Å². The number of nitrogens with one attached hydrogen (secondary N) is 1. The van der Waals surface area contributed by atoms with Gasteiger partial charge in [-0.3, -0.25) is 9.48 Å². The monoisotopic (exact) mass is 288 g/mol. The molecule has 21 heavy (non-hydrogen) atoms. The number of hydrogen-bond donors (Lipinski definition) is 2. The number of amides is 1. The first kappa shape index (κ1) is 15.1. The van der Waals surface area contributed by atoms with Gasteiger partial charge in [0.15, 0.2) is 5.69 Å². The highest BCUT2D eigenvalue weighted by Crippen LogP contribution is 2.07. The molecule has 1 amide bonds. The first-order valence-electron chi connectivity index (χ1n) is 6.86. The van der Waals surface area contributed by atoms with E-state index in [9.17, 15) is 4.79 Å². The van der Waals surface area contributed by atoms with Crippen LogP contribution in [0.4, 0.5) is 5.69 Å². The Hall–Kier alpha value is -2.34. The van der Waals surface area contributed by atoms with Crippen LogP contribution in [-0.4, -0.2) is 28.8 Å². The zero-order valence-corrected chi connectivity index (χ0v) is 12.1. The molecule has 6 nitrogen and oxygen atoms in total. The summed E-state index contributed by atoms with van der Waals surface area (Å²) in [5, 5.41) is 6.79. The van der Waals surface area contributed by atoms with E-state index in [0.29, 0.717) is 25.4 Å². The molecule has 0 radical (unpaired) electrons. The molecular formula is C15H20N4O2. The van der Waals surface area contributed by atoms with E-state index in [4.69, 9.17) is 10.5 Å². The Balaban J connectivity index is 1.62. The molecule has 0 atom stereocenters. The van der Waals surface area contributed by atoms with Crippen molar-refractivity contribution in [1.82, 2.24) is 15.1 Å². The van der Waals surface area contributed by atoms with Gasteiger partial charge in [0.1, 0.15) is 0 Å². The number of anilines is 1. The number of benzene rings is 1. The summed E-state index contributed by atoms with van der Waals surface area (Å²) < 4.78 is 7.06. The van der Waals surface area contributed by atoms with Gasteiger partial charge < -0.3 is 15.8 Å². The van der Waals surface area contributed by atoms with E-state index in [1.807, 2.05) is 30.3 Å². The minimum absolute atomic E-state index is 0.254. The van der Waals surface area contributed by atoms with Crippen molar-refractivity contribution in [1.29, 1.82) is 0 Å². The second-order valence-electron chi connectivity index (χ2n) is 4.75. The summed E-state index contributed by atoms with van der Waals surface area (Å²) in [4.78, 5) is 11.8. The molecule has 0 bridgehead atoms. The number of nitrogens with zero attached hydrogens (tertiary/aromatic N) is 2. The van der Waals surface area contributed by atoms with Crippen molar-refractivity contribution in [3.05, 3.63) is 47.8 Å². The molecule has 0 aliphatic heterocycles. The Bertz CT molecular complexity index is 581. The van der Waals surface area contributed by atoms with Crippen molar-refractivity contribution in [3.63, 3.8) is 0 Å². The molecule has 0 saturated heterocycles. The first-order valence-corrected chi connectivity index (χ1v) is 6.86. The van der Waals surface area contributed by atoms with Gasteiger partial charge in [-0.1, -0.05) is 30.3 Å². The number of aryl methyl sites for hydroxylation is 1. The molecule has 1 heterocycles. The lowest BCUT2D eigenvalue weighted by atomic mass is 10.2. The van der Waals surface area contributed by atoms with Gasteiger partial charge in [0, 0.05) is 26.4 Å². The smallest absolute Gasteiger partial charge is 0.273 e. The maximum Gasteiger partial charge on any atom is 0.273 e. The second kappa shape index (κ2) is 7.44. The van der Waals surface area contributed by atoms with Gasteiger partial charge in [-0.15, -0.1) is 0 Å². The largest absolute Gasteiger partial charge is 0.396 e. The van der Waals surface area contributed by atoms with E-state index in [-0.39, 0.29) is 11.6 Å². The third-order valence-electron chi connectivity index (χ3n) is 2.93. The van der Waals surface area contributed by atoms with Crippen LogP contribution in [0.25, 0.3) is 0 Å². The lowest BCUT2D eigenvalue weighted by Gasteiger charge is -2.05. The Morgan fingerprint density at radius 3 is 2.81 bits per heavy atom. The lowest BCUT2D eigenvalue weighted by Crippen LogP contribution is -2.26. The van der Waals surface area contributed by atoms with Crippen LogP contribution in [-0.2, 0) is 18.4 Å². The molecule has 0 unspecified atom stereocenters. The maximum absolute atomic E-state index is 11.8. The van der Waals surface area contributed by atoms with Crippen LogP contribution in [0.1, 0.15) is 22.5 Å². The molecular weight excluding hydrogens is 268 g/mol. The molecule has 1 aromatic carbocycles. The molecule has 0 spiro atoms. The Kier molecular flexibility index (Phi) is 5.34. The van der Waals surface area contributed by atoms with Crippen LogP contribution in [0.15, 0.2) is 36.5 Å².